The molecule has 0 saturated heterocycles. The van der Waals surface area contributed by atoms with E-state index in [0.29, 0.717) is 0 Å². The maximum Gasteiger partial charge on any atom is 0.104 e. The highest BCUT2D eigenvalue weighted by Crippen LogP contribution is 2.26. The van der Waals surface area contributed by atoms with Crippen LogP contribution in [0.1, 0.15) is 31.7 Å². The molecule has 1 aromatic heterocycles. The van der Waals surface area contributed by atoms with Crippen LogP contribution in [0.25, 0.3) is 11.0 Å². The molecule has 0 bridgehead atoms. The van der Waals surface area contributed by atoms with Gasteiger partial charge in [-0.1, -0.05) is 19.9 Å². The Morgan fingerprint density at radius 3 is 2.82 bits per heavy atom. The van der Waals surface area contributed by atoms with Crippen LogP contribution in [0.5, 0.6) is 0 Å². The van der Waals surface area contributed by atoms with Crippen LogP contribution in [0.4, 0.5) is 0 Å². The quantitative estimate of drug-likeness (QED) is 0.850. The predicted octanol–water partition coefficient (Wildman–Crippen LogP) is 2.79. The average Bonchev–Trinajstić information content (AvgIpc) is 2.56. The molecule has 3 nitrogen and oxygen atoms in total. The number of imidazole rings is 1. The molecule has 17 heavy (non-hydrogen) atoms. The lowest BCUT2D eigenvalue weighted by Gasteiger charge is -2.23. The number of fused-ring (bicyclic) bond motifs is 1. The van der Waals surface area contributed by atoms with Crippen molar-refractivity contribution in [2.24, 2.45) is 11.1 Å². The summed E-state index contributed by atoms with van der Waals surface area (Å²) in [5.74, 6) is 0.971. The van der Waals surface area contributed by atoms with E-state index in [-0.39, 0.29) is 5.41 Å². The molecule has 0 unspecified atom stereocenters. The number of aryl methyl sites for hydroxylation is 1. The van der Waals surface area contributed by atoms with Gasteiger partial charge >= 0.3 is 0 Å². The van der Waals surface area contributed by atoms with Crippen molar-refractivity contribution < 1.29 is 0 Å². The van der Waals surface area contributed by atoms with Crippen molar-refractivity contribution in [1.29, 1.82) is 0 Å². The lowest BCUT2D eigenvalue weighted by atomic mass is 9.83. The van der Waals surface area contributed by atoms with Gasteiger partial charge in [0, 0.05) is 0 Å². The van der Waals surface area contributed by atoms with Gasteiger partial charge in [0.2, 0.25) is 0 Å². The Balaban J connectivity index is 2.24. The molecule has 1 heterocycles. The van der Waals surface area contributed by atoms with Crippen molar-refractivity contribution >= 4 is 11.0 Å². The molecule has 2 aromatic rings. The van der Waals surface area contributed by atoms with Gasteiger partial charge in [-0.05, 0) is 49.4 Å². The number of aromatic nitrogens is 2. The Labute approximate surface area is 102 Å². The summed E-state index contributed by atoms with van der Waals surface area (Å²) in [6.07, 6.45) is 2.10. The smallest absolute Gasteiger partial charge is 0.104 e. The van der Waals surface area contributed by atoms with Gasteiger partial charge in [0.25, 0.3) is 0 Å². The summed E-state index contributed by atoms with van der Waals surface area (Å²) in [6, 6.07) is 6.46. The summed E-state index contributed by atoms with van der Waals surface area (Å²) >= 11 is 0. The number of hydrogen-bond donors (Lipinski definition) is 2. The minimum Gasteiger partial charge on any atom is -0.342 e. The van der Waals surface area contributed by atoms with Crippen molar-refractivity contribution in [2.75, 3.05) is 6.54 Å². The summed E-state index contributed by atoms with van der Waals surface area (Å²) in [5, 5.41) is 0. The highest BCUT2D eigenvalue weighted by atomic mass is 14.9. The summed E-state index contributed by atoms with van der Waals surface area (Å²) in [4.78, 5) is 7.69. The largest absolute Gasteiger partial charge is 0.342 e. The Hall–Kier alpha value is -1.35. The summed E-state index contributed by atoms with van der Waals surface area (Å²) < 4.78 is 0. The number of nitrogens with two attached hydrogens (primary N) is 1. The zero-order valence-corrected chi connectivity index (χ0v) is 10.9. The maximum absolute atomic E-state index is 5.65. The molecular formula is C14H21N3. The number of benzene rings is 1. The van der Waals surface area contributed by atoms with Crippen molar-refractivity contribution in [3.8, 4) is 0 Å². The zero-order chi connectivity index (χ0) is 12.5. The molecule has 92 valence electrons. The van der Waals surface area contributed by atoms with Crippen molar-refractivity contribution in [3.63, 3.8) is 0 Å². The first-order valence-electron chi connectivity index (χ1n) is 6.15. The maximum atomic E-state index is 5.65. The van der Waals surface area contributed by atoms with Gasteiger partial charge in [0.05, 0.1) is 11.0 Å². The molecule has 0 amide bonds. The van der Waals surface area contributed by atoms with Crippen molar-refractivity contribution in [1.82, 2.24) is 9.97 Å². The van der Waals surface area contributed by atoms with Crippen molar-refractivity contribution in [2.45, 2.75) is 33.6 Å². The van der Waals surface area contributed by atoms with E-state index in [0.717, 1.165) is 36.2 Å². The third-order valence-corrected chi connectivity index (χ3v) is 3.17. The fourth-order valence-electron chi connectivity index (χ4n) is 2.33. The minimum absolute atomic E-state index is 0.261. The molecule has 2 rings (SSSR count). The first-order chi connectivity index (χ1) is 8.00. The van der Waals surface area contributed by atoms with Gasteiger partial charge in [0.1, 0.15) is 5.82 Å². The number of hydrogen-bond acceptors (Lipinski definition) is 2. The number of nitrogens with zero attached hydrogens (tertiary/aromatic N) is 1. The van der Waals surface area contributed by atoms with E-state index in [9.17, 15) is 0 Å². The second kappa shape index (κ2) is 4.49. The summed E-state index contributed by atoms with van der Waals surface area (Å²) in [7, 11) is 0. The molecule has 0 fully saturated rings. The third-order valence-electron chi connectivity index (χ3n) is 3.17. The van der Waals surface area contributed by atoms with Crippen LogP contribution in [0.2, 0.25) is 0 Å². The van der Waals surface area contributed by atoms with Gasteiger partial charge in [-0.25, -0.2) is 4.98 Å². The summed E-state index contributed by atoms with van der Waals surface area (Å²) in [5.41, 5.74) is 9.43. The lowest BCUT2D eigenvalue weighted by Crippen LogP contribution is -2.19. The molecule has 3 heteroatoms. The van der Waals surface area contributed by atoms with E-state index >= 15 is 0 Å². The van der Waals surface area contributed by atoms with Crippen LogP contribution in [0.3, 0.4) is 0 Å². The molecule has 0 radical (unpaired) electrons. The third kappa shape index (κ3) is 2.86. The fourth-order valence-corrected chi connectivity index (χ4v) is 2.33. The first-order valence-corrected chi connectivity index (χ1v) is 6.15. The van der Waals surface area contributed by atoms with Crippen LogP contribution < -0.4 is 5.73 Å². The molecular weight excluding hydrogens is 210 g/mol. The van der Waals surface area contributed by atoms with Gasteiger partial charge in [-0.2, -0.15) is 0 Å². The van der Waals surface area contributed by atoms with Crippen LogP contribution in [-0.4, -0.2) is 16.5 Å². The Morgan fingerprint density at radius 1 is 1.35 bits per heavy atom. The van der Waals surface area contributed by atoms with E-state index in [4.69, 9.17) is 5.73 Å². The number of nitrogens with one attached hydrogen (secondary N) is 1. The van der Waals surface area contributed by atoms with Crippen molar-refractivity contribution in [3.05, 3.63) is 29.6 Å². The first kappa shape index (κ1) is 12.1. The summed E-state index contributed by atoms with van der Waals surface area (Å²) in [6.45, 7) is 7.26. The molecule has 0 aliphatic rings. The van der Waals surface area contributed by atoms with E-state index in [1.807, 2.05) is 6.92 Å². The SMILES string of the molecule is Cc1nc2ccc(CC(C)(C)CCN)cc2[nH]1. The molecule has 0 atom stereocenters. The number of rotatable bonds is 4. The van der Waals surface area contributed by atoms with E-state index < -0.39 is 0 Å². The van der Waals surface area contributed by atoms with E-state index in [1.54, 1.807) is 0 Å². The lowest BCUT2D eigenvalue weighted by molar-refractivity contribution is 0.339. The Morgan fingerprint density at radius 2 is 2.12 bits per heavy atom. The second-order valence-electron chi connectivity index (χ2n) is 5.55. The average molecular weight is 231 g/mol. The number of H-pyrrole nitrogens is 1. The normalized spacial score (nSPS) is 12.2. The monoisotopic (exact) mass is 231 g/mol. The highest BCUT2D eigenvalue weighted by Gasteiger charge is 2.17. The van der Waals surface area contributed by atoms with Gasteiger partial charge in [-0.3, -0.25) is 0 Å². The van der Waals surface area contributed by atoms with Crippen LogP contribution >= 0.6 is 0 Å². The van der Waals surface area contributed by atoms with Crippen LogP contribution in [0.15, 0.2) is 18.2 Å². The molecule has 0 aliphatic heterocycles. The van der Waals surface area contributed by atoms with E-state index in [2.05, 4.69) is 42.0 Å². The van der Waals surface area contributed by atoms with Gasteiger partial charge in [0.15, 0.2) is 0 Å². The van der Waals surface area contributed by atoms with Gasteiger partial charge in [-0.15, -0.1) is 0 Å². The predicted molar refractivity (Wildman–Crippen MR) is 72.0 cm³/mol. The minimum atomic E-state index is 0.261. The Kier molecular flexibility index (Phi) is 3.20. The fraction of sp³-hybridized carbons (Fsp3) is 0.500. The molecule has 0 spiro atoms. The molecule has 0 aliphatic carbocycles. The molecule has 3 N–H and O–H groups in total. The number of aromatic amines is 1. The second-order valence-corrected chi connectivity index (χ2v) is 5.55. The highest BCUT2D eigenvalue weighted by molar-refractivity contribution is 5.75. The molecule has 0 saturated carbocycles. The van der Waals surface area contributed by atoms with Crippen LogP contribution in [0, 0.1) is 12.3 Å². The topological polar surface area (TPSA) is 54.7 Å². The standard InChI is InChI=1S/C14H21N3/c1-10-16-12-5-4-11(8-13(12)17-10)9-14(2,3)6-7-15/h4-5,8H,6-7,9,15H2,1-3H3,(H,16,17). The van der Waals surface area contributed by atoms with E-state index in [1.165, 1.54) is 5.56 Å². The van der Waals surface area contributed by atoms with Crippen LogP contribution in [-0.2, 0) is 6.42 Å². The van der Waals surface area contributed by atoms with Gasteiger partial charge < -0.3 is 10.7 Å². The zero-order valence-electron chi connectivity index (χ0n) is 10.9. The Bertz CT molecular complexity index is 511. The molecule has 1 aromatic carbocycles.